The molecule has 0 radical (unpaired) electrons. The molecule has 0 saturated heterocycles. The van der Waals surface area contributed by atoms with Crippen molar-refractivity contribution in [3.05, 3.63) is 81.5 Å². The molecule has 1 aromatic carbocycles. The molecule has 3 heterocycles. The number of esters is 1. The number of anilines is 1. The van der Waals surface area contributed by atoms with Crippen LogP contribution >= 0.6 is 11.3 Å². The summed E-state index contributed by atoms with van der Waals surface area (Å²) in [6.07, 6.45) is 7.11. The van der Waals surface area contributed by atoms with Gasteiger partial charge >= 0.3 is 5.97 Å². The molecule has 186 valence electrons. The van der Waals surface area contributed by atoms with Crippen LogP contribution in [0.4, 0.5) is 5.00 Å². The molecule has 8 heteroatoms. The Morgan fingerprint density at radius 2 is 1.97 bits per heavy atom. The van der Waals surface area contributed by atoms with E-state index in [1.165, 1.54) is 11.3 Å². The van der Waals surface area contributed by atoms with E-state index >= 15 is 0 Å². The normalized spacial score (nSPS) is 13.2. The van der Waals surface area contributed by atoms with Gasteiger partial charge in [0.2, 0.25) is 0 Å². The monoisotopic (exact) mass is 510 g/mol. The minimum Gasteiger partial charge on any atom is -0.462 e. The fourth-order valence-corrected chi connectivity index (χ4v) is 5.97. The number of aromatic nitrogens is 2. The molecule has 7 nitrogen and oxygen atoms in total. The molecule has 1 aliphatic rings. The first-order valence-electron chi connectivity index (χ1n) is 12.3. The highest BCUT2D eigenvalue weighted by Crippen LogP contribution is 2.39. The number of nitriles is 1. The number of aryl methyl sites for hydroxylation is 2. The number of hydrogen-bond acceptors (Lipinski definition) is 6. The molecule has 37 heavy (non-hydrogen) atoms. The number of pyridine rings is 1. The van der Waals surface area contributed by atoms with Crippen molar-refractivity contribution in [2.75, 3.05) is 11.9 Å². The van der Waals surface area contributed by atoms with Gasteiger partial charge in [-0.2, -0.15) is 5.26 Å². The predicted octanol–water partition coefficient (Wildman–Crippen LogP) is 5.97. The van der Waals surface area contributed by atoms with Gasteiger partial charge < -0.3 is 10.1 Å². The van der Waals surface area contributed by atoms with Crippen LogP contribution < -0.4 is 5.32 Å². The average molecular weight is 511 g/mol. The lowest BCUT2D eigenvalue weighted by atomic mass is 9.95. The number of imidazole rings is 1. The largest absolute Gasteiger partial charge is 0.462 e. The van der Waals surface area contributed by atoms with E-state index in [1.54, 1.807) is 13.0 Å². The van der Waals surface area contributed by atoms with Crippen LogP contribution in [0.2, 0.25) is 0 Å². The number of carbonyl (C=O) groups excluding carboxylic acids is 2. The number of rotatable bonds is 6. The molecule has 0 aliphatic heterocycles. The maximum absolute atomic E-state index is 13.4. The van der Waals surface area contributed by atoms with Gasteiger partial charge in [-0.3, -0.25) is 9.20 Å². The van der Waals surface area contributed by atoms with Gasteiger partial charge in [0.15, 0.2) is 0 Å². The summed E-state index contributed by atoms with van der Waals surface area (Å²) in [5, 5.41) is 13.3. The molecule has 1 N–H and O–H groups in total. The molecule has 0 spiro atoms. The quantitative estimate of drug-likeness (QED) is 0.196. The number of benzene rings is 1. The van der Waals surface area contributed by atoms with E-state index in [-0.39, 0.29) is 12.2 Å². The van der Waals surface area contributed by atoms with Crippen molar-refractivity contribution in [1.29, 1.82) is 5.26 Å². The minimum absolute atomic E-state index is 0.0818. The Bertz CT molecular complexity index is 1570. The van der Waals surface area contributed by atoms with Crippen molar-refractivity contribution in [3.63, 3.8) is 0 Å². The number of thiophene rings is 1. The fraction of sp³-hybridized carbons (Fsp3) is 0.241. The van der Waals surface area contributed by atoms with Gasteiger partial charge in [-0.05, 0) is 62.8 Å². The Balaban J connectivity index is 1.57. The van der Waals surface area contributed by atoms with Crippen molar-refractivity contribution < 1.29 is 14.3 Å². The van der Waals surface area contributed by atoms with E-state index in [1.807, 2.05) is 60.0 Å². The molecule has 3 aromatic heterocycles. The van der Waals surface area contributed by atoms with E-state index in [0.29, 0.717) is 22.0 Å². The number of amides is 1. The Morgan fingerprint density at radius 3 is 2.73 bits per heavy atom. The van der Waals surface area contributed by atoms with Crippen LogP contribution in [0.3, 0.4) is 0 Å². The molecule has 4 aromatic rings. The number of nitrogens with one attached hydrogen (secondary N) is 1. The lowest BCUT2D eigenvalue weighted by molar-refractivity contribution is -0.112. The minimum atomic E-state index is -0.576. The summed E-state index contributed by atoms with van der Waals surface area (Å²) in [4.78, 5) is 32.1. The Kier molecular flexibility index (Phi) is 6.89. The van der Waals surface area contributed by atoms with Crippen molar-refractivity contribution >= 4 is 39.9 Å². The second-order valence-electron chi connectivity index (χ2n) is 8.86. The highest BCUT2D eigenvalue weighted by Gasteiger charge is 2.28. The van der Waals surface area contributed by atoms with Gasteiger partial charge in [0, 0.05) is 16.6 Å². The number of fused-ring (bicyclic) bond motifs is 2. The van der Waals surface area contributed by atoms with Crippen LogP contribution in [-0.2, 0) is 22.4 Å². The lowest BCUT2D eigenvalue weighted by Gasteiger charge is -2.12. The summed E-state index contributed by atoms with van der Waals surface area (Å²) in [6.45, 7) is 3.97. The third-order valence-corrected chi connectivity index (χ3v) is 7.66. The number of ether oxygens (including phenoxy) is 1. The fourth-order valence-electron chi connectivity index (χ4n) is 4.70. The van der Waals surface area contributed by atoms with Crippen LogP contribution in [0.1, 0.15) is 51.8 Å². The van der Waals surface area contributed by atoms with E-state index in [9.17, 15) is 14.9 Å². The number of carbonyl (C=O) groups is 2. The predicted molar refractivity (Wildman–Crippen MR) is 145 cm³/mol. The van der Waals surface area contributed by atoms with Crippen molar-refractivity contribution in [3.8, 4) is 17.3 Å². The number of hydrogen-bond donors (Lipinski definition) is 1. The Labute approximate surface area is 219 Å². The van der Waals surface area contributed by atoms with Crippen LogP contribution in [0.25, 0.3) is 23.0 Å². The summed E-state index contributed by atoms with van der Waals surface area (Å²) in [7, 11) is 0. The molecule has 0 atom stereocenters. The van der Waals surface area contributed by atoms with E-state index < -0.39 is 11.9 Å². The third-order valence-electron chi connectivity index (χ3n) is 6.45. The summed E-state index contributed by atoms with van der Waals surface area (Å²) < 4.78 is 7.18. The molecule has 0 bridgehead atoms. The van der Waals surface area contributed by atoms with Crippen LogP contribution in [0, 0.1) is 18.3 Å². The average Bonchev–Trinajstić information content (AvgIpc) is 3.46. The van der Waals surface area contributed by atoms with E-state index in [0.717, 1.165) is 52.9 Å². The Hall–Kier alpha value is -4.22. The zero-order chi connectivity index (χ0) is 25.9. The second kappa shape index (κ2) is 10.4. The van der Waals surface area contributed by atoms with Gasteiger partial charge in [0.25, 0.3) is 5.91 Å². The molecule has 1 amide bonds. The topological polar surface area (TPSA) is 96.5 Å². The maximum atomic E-state index is 13.4. The number of nitrogens with zero attached hydrogens (tertiary/aromatic N) is 3. The summed E-state index contributed by atoms with van der Waals surface area (Å²) in [5.74, 6) is -1.02. The van der Waals surface area contributed by atoms with Gasteiger partial charge in [-0.25, -0.2) is 9.78 Å². The van der Waals surface area contributed by atoms with E-state index in [4.69, 9.17) is 9.72 Å². The molecule has 0 fully saturated rings. The standard InChI is InChI=1S/C29H26N4O3S/c1-3-36-29(35)24-21-13-7-8-14-23(21)37-28(24)32-27(34)20(17-30)16-22-25(19-11-5-4-6-12-19)31-26-18(2)10-9-15-33(22)26/h4-6,9-12,15-16H,3,7-8,13-14H2,1-2H3,(H,32,34)/b20-16+. The van der Waals surface area contributed by atoms with Crippen LogP contribution in [0.5, 0.6) is 0 Å². The summed E-state index contributed by atoms with van der Waals surface area (Å²) in [5.41, 5.74) is 5.21. The molecule has 5 rings (SSSR count). The molecular weight excluding hydrogens is 484 g/mol. The summed E-state index contributed by atoms with van der Waals surface area (Å²) >= 11 is 1.40. The molecule has 0 unspecified atom stereocenters. The molecular formula is C29H26N4O3S. The van der Waals surface area contributed by atoms with Gasteiger partial charge in [0.1, 0.15) is 22.3 Å². The van der Waals surface area contributed by atoms with Crippen molar-refractivity contribution in [2.45, 2.75) is 39.5 Å². The SMILES string of the molecule is CCOC(=O)c1c(NC(=O)/C(C#N)=C/c2c(-c3ccccc3)nc3c(C)cccn23)sc2c1CCCC2. The van der Waals surface area contributed by atoms with Crippen molar-refractivity contribution in [1.82, 2.24) is 9.38 Å². The first kappa shape index (κ1) is 24.5. The first-order valence-corrected chi connectivity index (χ1v) is 13.1. The zero-order valence-electron chi connectivity index (χ0n) is 20.7. The van der Waals surface area contributed by atoms with Crippen LogP contribution in [-0.4, -0.2) is 27.9 Å². The highest BCUT2D eigenvalue weighted by atomic mass is 32.1. The second-order valence-corrected chi connectivity index (χ2v) is 9.96. The van der Waals surface area contributed by atoms with Crippen LogP contribution in [0.15, 0.2) is 54.2 Å². The Morgan fingerprint density at radius 1 is 1.19 bits per heavy atom. The first-order chi connectivity index (χ1) is 18.0. The summed E-state index contributed by atoms with van der Waals surface area (Å²) in [6, 6.07) is 15.6. The van der Waals surface area contributed by atoms with Gasteiger partial charge in [0.05, 0.1) is 23.6 Å². The van der Waals surface area contributed by atoms with Gasteiger partial charge in [-0.15, -0.1) is 11.3 Å². The lowest BCUT2D eigenvalue weighted by Crippen LogP contribution is -2.16. The van der Waals surface area contributed by atoms with Crippen molar-refractivity contribution in [2.24, 2.45) is 0 Å². The third kappa shape index (κ3) is 4.66. The molecule has 1 aliphatic carbocycles. The highest BCUT2D eigenvalue weighted by molar-refractivity contribution is 7.17. The van der Waals surface area contributed by atoms with E-state index in [2.05, 4.69) is 11.4 Å². The maximum Gasteiger partial charge on any atom is 0.341 e. The molecule has 0 saturated carbocycles. The van der Waals surface area contributed by atoms with Gasteiger partial charge in [-0.1, -0.05) is 36.4 Å². The zero-order valence-corrected chi connectivity index (χ0v) is 21.5. The smallest absolute Gasteiger partial charge is 0.341 e.